The van der Waals surface area contributed by atoms with Crippen molar-refractivity contribution in [3.05, 3.63) is 39.3 Å². The molecule has 0 spiro atoms. The number of hydrogen-bond donors (Lipinski definition) is 0. The van der Waals surface area contributed by atoms with Gasteiger partial charge in [-0.25, -0.2) is 0 Å². The van der Waals surface area contributed by atoms with Crippen molar-refractivity contribution in [3.63, 3.8) is 0 Å². The van der Waals surface area contributed by atoms with E-state index >= 15 is 0 Å². The molecule has 0 N–H and O–H groups in total. The van der Waals surface area contributed by atoms with E-state index in [-0.39, 0.29) is 41.6 Å². The molecule has 2 amide bonds. The second kappa shape index (κ2) is 7.06. The van der Waals surface area contributed by atoms with Crippen LogP contribution < -0.4 is 4.74 Å². The third kappa shape index (κ3) is 3.13. The Labute approximate surface area is 171 Å². The Hall–Kier alpha value is -1.66. The van der Waals surface area contributed by atoms with Crippen LogP contribution in [0, 0.1) is 23.7 Å². The largest absolute Gasteiger partial charge is 0.488 e. The molecule has 4 rings (SSSR count). The Bertz CT molecular complexity index is 816. The van der Waals surface area contributed by atoms with E-state index in [4.69, 9.17) is 16.3 Å². The summed E-state index contributed by atoms with van der Waals surface area (Å²) in [5, 5.41) is 5.67. The zero-order valence-corrected chi connectivity index (χ0v) is 17.4. The van der Waals surface area contributed by atoms with Gasteiger partial charge in [-0.1, -0.05) is 30.7 Å². The van der Waals surface area contributed by atoms with E-state index in [9.17, 15) is 9.59 Å². The maximum absolute atomic E-state index is 12.7. The maximum atomic E-state index is 12.7. The first-order valence-corrected chi connectivity index (χ1v) is 10.3. The van der Waals surface area contributed by atoms with Gasteiger partial charge < -0.3 is 4.74 Å². The van der Waals surface area contributed by atoms with Gasteiger partial charge in [0.2, 0.25) is 0 Å². The molecule has 7 heteroatoms. The number of amides is 2. The molecular weight excluding hydrogens is 432 g/mol. The monoisotopic (exact) mass is 450 g/mol. The van der Waals surface area contributed by atoms with Crippen LogP contribution >= 0.6 is 27.5 Å². The van der Waals surface area contributed by atoms with E-state index < -0.39 is 0 Å². The van der Waals surface area contributed by atoms with Crippen LogP contribution in [0.25, 0.3) is 0 Å². The molecule has 5 atom stereocenters. The lowest BCUT2D eigenvalue weighted by atomic mass is 9.85. The molecule has 1 saturated carbocycles. The van der Waals surface area contributed by atoms with Crippen LogP contribution in [0.2, 0.25) is 5.02 Å². The highest BCUT2D eigenvalue weighted by Gasteiger charge is 2.59. The number of ether oxygens (including phenoxy) is 1. The van der Waals surface area contributed by atoms with Gasteiger partial charge in [0.25, 0.3) is 11.8 Å². The summed E-state index contributed by atoms with van der Waals surface area (Å²) in [4.78, 5) is 25.3. The molecule has 1 aliphatic heterocycles. The molecule has 0 aromatic heterocycles. The predicted molar refractivity (Wildman–Crippen MR) is 107 cm³/mol. The van der Waals surface area contributed by atoms with Gasteiger partial charge >= 0.3 is 0 Å². The third-order valence-corrected chi connectivity index (χ3v) is 6.55. The molecule has 5 nitrogen and oxygen atoms in total. The third-order valence-electron chi connectivity index (χ3n) is 5.68. The summed E-state index contributed by atoms with van der Waals surface area (Å²) in [5.74, 6) is 0.0562. The van der Waals surface area contributed by atoms with Crippen molar-refractivity contribution in [2.75, 3.05) is 0 Å². The van der Waals surface area contributed by atoms with Gasteiger partial charge in [-0.3, -0.25) is 9.59 Å². The number of imide groups is 1. The van der Waals surface area contributed by atoms with Crippen LogP contribution in [0.15, 0.2) is 33.9 Å². The number of rotatable bonds is 5. The minimum absolute atomic E-state index is 0.0431. The first kappa shape index (κ1) is 18.7. The minimum atomic E-state index is -0.244. The molecule has 1 aromatic carbocycles. The molecule has 2 aliphatic carbocycles. The molecule has 3 aliphatic rings. The second-order valence-electron chi connectivity index (χ2n) is 7.38. The van der Waals surface area contributed by atoms with Crippen molar-refractivity contribution in [1.29, 1.82) is 0 Å². The Morgan fingerprint density at radius 3 is 2.48 bits per heavy atom. The highest BCUT2D eigenvalue weighted by molar-refractivity contribution is 9.10. The molecule has 0 radical (unpaired) electrons. The van der Waals surface area contributed by atoms with E-state index in [1.165, 1.54) is 6.21 Å². The summed E-state index contributed by atoms with van der Waals surface area (Å²) in [6, 6.07) is 3.52. The smallest absolute Gasteiger partial charge is 0.254 e. The minimum Gasteiger partial charge on any atom is -0.488 e. The second-order valence-corrected chi connectivity index (χ2v) is 8.64. The average molecular weight is 452 g/mol. The normalized spacial score (nSPS) is 29.9. The summed E-state index contributed by atoms with van der Waals surface area (Å²) in [7, 11) is 0. The maximum Gasteiger partial charge on any atom is 0.254 e. The van der Waals surface area contributed by atoms with Crippen molar-refractivity contribution in [2.45, 2.75) is 32.8 Å². The van der Waals surface area contributed by atoms with Gasteiger partial charge in [0.1, 0.15) is 0 Å². The lowest BCUT2D eigenvalue weighted by Crippen LogP contribution is -2.28. The highest BCUT2D eigenvalue weighted by atomic mass is 79.9. The van der Waals surface area contributed by atoms with Gasteiger partial charge in [0, 0.05) is 0 Å². The van der Waals surface area contributed by atoms with Crippen LogP contribution in [0.1, 0.15) is 32.3 Å². The van der Waals surface area contributed by atoms with E-state index in [1.54, 1.807) is 6.07 Å². The Morgan fingerprint density at radius 2 is 1.93 bits per heavy atom. The number of carbonyl (C=O) groups excluding carboxylic acids is 2. The Morgan fingerprint density at radius 1 is 1.30 bits per heavy atom. The van der Waals surface area contributed by atoms with Crippen LogP contribution in [0.5, 0.6) is 5.75 Å². The molecule has 142 valence electrons. The number of halogens is 2. The van der Waals surface area contributed by atoms with E-state index in [1.807, 2.05) is 19.9 Å². The number of hydrazone groups is 1. The van der Waals surface area contributed by atoms with Crippen LogP contribution in [0.3, 0.4) is 0 Å². The fraction of sp³-hybridized carbons (Fsp3) is 0.450. The van der Waals surface area contributed by atoms with Gasteiger partial charge in [0.05, 0.1) is 33.6 Å². The van der Waals surface area contributed by atoms with Gasteiger partial charge in [-0.2, -0.15) is 10.1 Å². The Balaban J connectivity index is 1.54. The van der Waals surface area contributed by atoms with Gasteiger partial charge in [0.15, 0.2) is 5.75 Å². The highest BCUT2D eigenvalue weighted by Crippen LogP contribution is 2.52. The number of carbonyl (C=O) groups is 2. The molecule has 1 saturated heterocycles. The van der Waals surface area contributed by atoms with Crippen molar-refractivity contribution < 1.29 is 14.3 Å². The van der Waals surface area contributed by atoms with Crippen molar-refractivity contribution >= 4 is 45.6 Å². The number of nitrogens with zero attached hydrogens (tertiary/aromatic N) is 2. The van der Waals surface area contributed by atoms with E-state index in [0.29, 0.717) is 20.8 Å². The molecule has 27 heavy (non-hydrogen) atoms. The van der Waals surface area contributed by atoms with Crippen molar-refractivity contribution in [3.8, 4) is 5.75 Å². The molecule has 2 fully saturated rings. The quantitative estimate of drug-likeness (QED) is 0.378. The van der Waals surface area contributed by atoms with Crippen LogP contribution in [-0.2, 0) is 9.59 Å². The summed E-state index contributed by atoms with van der Waals surface area (Å²) in [5.41, 5.74) is 0.683. The topological polar surface area (TPSA) is 59.0 Å². The fourth-order valence-corrected chi connectivity index (χ4v) is 5.13. The van der Waals surface area contributed by atoms with Crippen LogP contribution in [-0.4, -0.2) is 29.1 Å². The number of hydrogen-bond acceptors (Lipinski definition) is 4. The molecular formula is C20H20BrClN2O3. The van der Waals surface area contributed by atoms with Gasteiger partial charge in [-0.15, -0.1) is 0 Å². The molecule has 2 bridgehead atoms. The summed E-state index contributed by atoms with van der Waals surface area (Å²) in [6.45, 7) is 4.01. The molecule has 1 aromatic rings. The van der Waals surface area contributed by atoms with Gasteiger partial charge in [-0.05, 0) is 65.2 Å². The SMILES string of the molecule is CCC(C)Oc1c(Cl)cc(C=NN2C(=O)C3C4C=CC(C4)C3C2=O)cc1Br. The Kier molecular flexibility index (Phi) is 4.89. The number of benzene rings is 1. The number of allylic oxidation sites excluding steroid dienone is 2. The van der Waals surface area contributed by atoms with Crippen molar-refractivity contribution in [2.24, 2.45) is 28.8 Å². The fourth-order valence-electron chi connectivity index (χ4n) is 4.18. The van der Waals surface area contributed by atoms with E-state index in [2.05, 4.69) is 33.2 Å². The first-order valence-electron chi connectivity index (χ1n) is 9.16. The average Bonchev–Trinajstić information content (AvgIpc) is 3.31. The lowest BCUT2D eigenvalue weighted by Gasteiger charge is -2.16. The van der Waals surface area contributed by atoms with Crippen molar-refractivity contribution in [1.82, 2.24) is 5.01 Å². The van der Waals surface area contributed by atoms with E-state index in [0.717, 1.165) is 17.9 Å². The zero-order valence-electron chi connectivity index (χ0n) is 15.1. The first-order chi connectivity index (χ1) is 12.9. The summed E-state index contributed by atoms with van der Waals surface area (Å²) < 4.78 is 6.53. The van der Waals surface area contributed by atoms with Crippen LogP contribution in [0.4, 0.5) is 0 Å². The summed E-state index contributed by atoms with van der Waals surface area (Å²) in [6.07, 6.45) is 7.44. The lowest BCUT2D eigenvalue weighted by molar-refractivity contribution is -0.140. The predicted octanol–water partition coefficient (Wildman–Crippen LogP) is 4.42. The molecule has 5 unspecified atom stereocenters. The zero-order chi connectivity index (χ0) is 19.3. The summed E-state index contributed by atoms with van der Waals surface area (Å²) >= 11 is 9.81. The molecule has 1 heterocycles. The standard InChI is InChI=1S/C20H20BrClN2O3/c1-3-10(2)27-18-14(21)6-11(7-15(18)22)9-23-24-19(25)16-12-4-5-13(8-12)17(16)20(24)26/h4-7,9-10,12-13,16-17H,3,8H2,1-2H3. The number of fused-ring (bicyclic) bond motifs is 5.